The lowest BCUT2D eigenvalue weighted by molar-refractivity contribution is 0.218. The summed E-state index contributed by atoms with van der Waals surface area (Å²) in [6.45, 7) is 7.75. The highest BCUT2D eigenvalue weighted by Crippen LogP contribution is 2.37. The smallest absolute Gasteiger partial charge is 0.323 e. The predicted molar refractivity (Wildman–Crippen MR) is 120 cm³/mol. The molecule has 3 aromatic heterocycles. The van der Waals surface area contributed by atoms with E-state index in [0.717, 1.165) is 47.5 Å². The molecule has 3 aromatic rings. The minimum atomic E-state index is -0.00843. The molecule has 2 amide bonds. The molecule has 2 unspecified atom stereocenters. The van der Waals surface area contributed by atoms with Gasteiger partial charge in [0.1, 0.15) is 17.8 Å². The van der Waals surface area contributed by atoms with Crippen molar-refractivity contribution in [1.82, 2.24) is 30.0 Å². The second-order valence-corrected chi connectivity index (χ2v) is 7.43. The number of rotatable bonds is 2. The van der Waals surface area contributed by atoms with Crippen molar-refractivity contribution in [1.29, 1.82) is 0 Å². The summed E-state index contributed by atoms with van der Waals surface area (Å²) in [5, 5.41) is 13.7. The Morgan fingerprint density at radius 1 is 1.20 bits per heavy atom. The van der Waals surface area contributed by atoms with E-state index in [1.54, 1.807) is 0 Å². The SMILES string of the molecule is CC.CNc1ncnc2[nH]ccc12.Cc1cc(NC(=O)N2CC3CCCC3C2)n[nH]1. The van der Waals surface area contributed by atoms with Crippen LogP contribution in [0, 0.1) is 18.8 Å². The lowest BCUT2D eigenvalue weighted by Crippen LogP contribution is -2.33. The molecule has 2 aliphatic rings. The molecule has 9 heteroatoms. The summed E-state index contributed by atoms with van der Waals surface area (Å²) in [5.74, 6) is 2.95. The van der Waals surface area contributed by atoms with Crippen LogP contribution in [0.25, 0.3) is 11.0 Å². The van der Waals surface area contributed by atoms with Gasteiger partial charge in [-0.25, -0.2) is 14.8 Å². The lowest BCUT2D eigenvalue weighted by Gasteiger charge is -2.16. The lowest BCUT2D eigenvalue weighted by atomic mass is 10.0. The van der Waals surface area contributed by atoms with Gasteiger partial charge in [0, 0.05) is 38.1 Å². The third-order valence-corrected chi connectivity index (χ3v) is 5.55. The largest absolute Gasteiger partial charge is 0.372 e. The van der Waals surface area contributed by atoms with Gasteiger partial charge >= 0.3 is 6.03 Å². The van der Waals surface area contributed by atoms with Crippen LogP contribution in [0.1, 0.15) is 38.8 Å². The molecule has 1 aliphatic heterocycles. The van der Waals surface area contributed by atoms with Gasteiger partial charge in [-0.2, -0.15) is 5.10 Å². The van der Waals surface area contributed by atoms with E-state index < -0.39 is 0 Å². The Kier molecular flexibility index (Phi) is 7.26. The van der Waals surface area contributed by atoms with Crippen molar-refractivity contribution in [2.75, 3.05) is 30.8 Å². The van der Waals surface area contributed by atoms with Crippen molar-refractivity contribution in [3.05, 3.63) is 30.4 Å². The number of hydrogen-bond donors (Lipinski definition) is 4. The molecular formula is C21H32N8O. The van der Waals surface area contributed by atoms with Crippen molar-refractivity contribution in [2.45, 2.75) is 40.0 Å². The maximum atomic E-state index is 12.0. The van der Waals surface area contributed by atoms with Crippen LogP contribution in [0.5, 0.6) is 0 Å². The van der Waals surface area contributed by atoms with Gasteiger partial charge in [-0.1, -0.05) is 20.3 Å². The highest BCUT2D eigenvalue weighted by molar-refractivity contribution is 5.88. The number of carbonyl (C=O) groups is 1. The first-order valence-electron chi connectivity index (χ1n) is 10.7. The van der Waals surface area contributed by atoms with Crippen LogP contribution in [-0.2, 0) is 0 Å². The quantitative estimate of drug-likeness (QED) is 0.508. The molecule has 2 fully saturated rings. The van der Waals surface area contributed by atoms with Crippen LogP contribution in [0.3, 0.4) is 0 Å². The van der Waals surface area contributed by atoms with Crippen molar-refractivity contribution in [3.63, 3.8) is 0 Å². The number of hydrogen-bond acceptors (Lipinski definition) is 5. The zero-order valence-electron chi connectivity index (χ0n) is 18.2. The molecule has 4 heterocycles. The van der Waals surface area contributed by atoms with Gasteiger partial charge < -0.3 is 15.2 Å². The van der Waals surface area contributed by atoms with E-state index in [2.05, 4.69) is 35.8 Å². The van der Waals surface area contributed by atoms with E-state index in [4.69, 9.17) is 0 Å². The van der Waals surface area contributed by atoms with Gasteiger partial charge in [-0.3, -0.25) is 10.4 Å². The Balaban J connectivity index is 0.000000170. The Labute approximate surface area is 177 Å². The maximum Gasteiger partial charge on any atom is 0.323 e. The summed E-state index contributed by atoms with van der Waals surface area (Å²) >= 11 is 0. The molecule has 1 saturated carbocycles. The molecule has 9 nitrogen and oxygen atoms in total. The highest BCUT2D eigenvalue weighted by Gasteiger charge is 2.38. The number of aromatic nitrogens is 5. The van der Waals surface area contributed by atoms with Gasteiger partial charge in [0.05, 0.1) is 5.39 Å². The number of H-pyrrole nitrogens is 2. The normalized spacial score (nSPS) is 19.4. The van der Waals surface area contributed by atoms with E-state index in [-0.39, 0.29) is 6.03 Å². The van der Waals surface area contributed by atoms with Gasteiger partial charge in [0.15, 0.2) is 5.82 Å². The number of aromatic amines is 2. The standard InChI is InChI=1S/C12H18N4O.C7H8N4.C2H6/c1-8-5-11(15-14-8)13-12(17)16-6-9-3-2-4-10(9)7-16;1-8-6-5-2-3-9-7(5)11-4-10-6;1-2/h5,9-10H,2-4,6-7H2,1H3,(H2,13,14,15,17);2-4H,1H3,(H2,8,9,10,11);1-2H3. The highest BCUT2D eigenvalue weighted by atomic mass is 16.2. The first-order chi connectivity index (χ1) is 14.6. The number of urea groups is 1. The Morgan fingerprint density at radius 3 is 2.57 bits per heavy atom. The fraction of sp³-hybridized carbons (Fsp3) is 0.524. The number of likely N-dealkylation sites (tertiary alicyclic amines) is 1. The van der Waals surface area contributed by atoms with Crippen LogP contribution in [0.2, 0.25) is 0 Å². The number of anilines is 2. The van der Waals surface area contributed by atoms with E-state index in [0.29, 0.717) is 5.82 Å². The van der Waals surface area contributed by atoms with Crippen molar-refractivity contribution < 1.29 is 4.79 Å². The zero-order chi connectivity index (χ0) is 21.5. The topological polar surface area (TPSA) is 115 Å². The minimum Gasteiger partial charge on any atom is -0.372 e. The molecule has 0 bridgehead atoms. The van der Waals surface area contributed by atoms with Gasteiger partial charge in [0.2, 0.25) is 0 Å². The van der Waals surface area contributed by atoms with E-state index >= 15 is 0 Å². The van der Waals surface area contributed by atoms with Crippen LogP contribution in [0.15, 0.2) is 24.7 Å². The van der Waals surface area contributed by atoms with E-state index in [1.807, 2.05) is 51.0 Å². The molecule has 0 aromatic carbocycles. The molecule has 30 heavy (non-hydrogen) atoms. The second kappa shape index (κ2) is 10.1. The Morgan fingerprint density at radius 2 is 1.93 bits per heavy atom. The molecule has 0 radical (unpaired) electrons. The molecule has 162 valence electrons. The van der Waals surface area contributed by atoms with E-state index in [9.17, 15) is 4.79 Å². The van der Waals surface area contributed by atoms with Crippen molar-refractivity contribution in [2.24, 2.45) is 11.8 Å². The fourth-order valence-electron chi connectivity index (χ4n) is 4.14. The number of fused-ring (bicyclic) bond motifs is 2. The minimum absolute atomic E-state index is 0.00843. The number of nitrogens with one attached hydrogen (secondary N) is 4. The average Bonchev–Trinajstić information content (AvgIpc) is 3.53. The average molecular weight is 413 g/mol. The summed E-state index contributed by atoms with van der Waals surface area (Å²) in [6, 6.07) is 3.78. The van der Waals surface area contributed by atoms with Gasteiger partial charge in [0.25, 0.3) is 0 Å². The number of carbonyl (C=O) groups excluding carboxylic acids is 1. The summed E-state index contributed by atoms with van der Waals surface area (Å²) in [4.78, 5) is 25.0. The molecular weight excluding hydrogens is 380 g/mol. The van der Waals surface area contributed by atoms with Gasteiger partial charge in [-0.15, -0.1) is 0 Å². The summed E-state index contributed by atoms with van der Waals surface area (Å²) < 4.78 is 0. The summed E-state index contributed by atoms with van der Waals surface area (Å²) in [6.07, 6.45) is 7.29. The van der Waals surface area contributed by atoms with Crippen molar-refractivity contribution in [3.8, 4) is 0 Å². The van der Waals surface area contributed by atoms with Gasteiger partial charge in [-0.05, 0) is 37.7 Å². The van der Waals surface area contributed by atoms with Crippen LogP contribution in [-0.4, -0.2) is 56.2 Å². The Hall–Kier alpha value is -3.10. The van der Waals surface area contributed by atoms with Crippen LogP contribution < -0.4 is 10.6 Å². The number of aryl methyl sites for hydroxylation is 1. The molecule has 4 N–H and O–H groups in total. The first kappa shape index (κ1) is 21.6. The summed E-state index contributed by atoms with van der Waals surface area (Å²) in [5.41, 5.74) is 1.82. The third-order valence-electron chi connectivity index (χ3n) is 5.55. The number of nitrogens with zero attached hydrogens (tertiary/aromatic N) is 4. The fourth-order valence-corrected chi connectivity index (χ4v) is 4.14. The zero-order valence-corrected chi connectivity index (χ0v) is 18.2. The summed E-state index contributed by atoms with van der Waals surface area (Å²) in [7, 11) is 1.84. The van der Waals surface area contributed by atoms with Crippen LogP contribution in [0.4, 0.5) is 16.4 Å². The maximum absolute atomic E-state index is 12.0. The predicted octanol–water partition coefficient (Wildman–Crippen LogP) is 4.01. The second-order valence-electron chi connectivity index (χ2n) is 7.43. The molecule has 0 spiro atoms. The monoisotopic (exact) mass is 412 g/mol. The van der Waals surface area contributed by atoms with Crippen LogP contribution >= 0.6 is 0 Å². The molecule has 1 aliphatic carbocycles. The van der Waals surface area contributed by atoms with Crippen molar-refractivity contribution >= 4 is 28.7 Å². The third kappa shape index (κ3) is 4.90. The molecule has 1 saturated heterocycles. The number of amides is 2. The molecule has 5 rings (SSSR count). The van der Waals surface area contributed by atoms with E-state index in [1.165, 1.54) is 25.6 Å². The molecule has 2 atom stereocenters. The Bertz CT molecular complexity index is 937. The first-order valence-corrected chi connectivity index (χ1v) is 10.7.